The van der Waals surface area contributed by atoms with Gasteiger partial charge in [-0.15, -0.1) is 10.2 Å². The molecule has 9 heteroatoms. The van der Waals surface area contributed by atoms with Crippen molar-refractivity contribution in [3.8, 4) is 0 Å². The van der Waals surface area contributed by atoms with Gasteiger partial charge in [-0.2, -0.15) is 0 Å². The largest absolute Gasteiger partial charge is 0.465 e. The van der Waals surface area contributed by atoms with Crippen LogP contribution >= 0.6 is 34.9 Å². The molecule has 0 unspecified atom stereocenters. The van der Waals surface area contributed by atoms with Gasteiger partial charge in [-0.25, -0.2) is 4.79 Å². The number of carbonyl (C=O) groups excluding carboxylic acids is 2. The maximum atomic E-state index is 12.8. The number of nitrogens with one attached hydrogen (secondary N) is 1. The Morgan fingerprint density at radius 2 is 1.96 bits per heavy atom. The zero-order valence-electron chi connectivity index (χ0n) is 14.8. The van der Waals surface area contributed by atoms with E-state index in [4.69, 9.17) is 4.74 Å². The number of aromatic amines is 1. The maximum absolute atomic E-state index is 12.8. The number of rotatable bonds is 8. The van der Waals surface area contributed by atoms with E-state index in [0.29, 0.717) is 22.5 Å². The fourth-order valence-corrected chi connectivity index (χ4v) is 5.45. The quantitative estimate of drug-likeness (QED) is 0.406. The number of hydrogen-bond acceptors (Lipinski definition) is 8. The summed E-state index contributed by atoms with van der Waals surface area (Å²) in [6.45, 7) is 7.47. The summed E-state index contributed by atoms with van der Waals surface area (Å²) in [5.74, 6) is 0.497. The Morgan fingerprint density at radius 3 is 2.60 bits per heavy atom. The molecule has 2 rings (SSSR count). The number of aromatic nitrogens is 3. The van der Waals surface area contributed by atoms with Gasteiger partial charge in [0.25, 0.3) is 0 Å². The van der Waals surface area contributed by atoms with Crippen molar-refractivity contribution in [2.45, 2.75) is 48.0 Å². The van der Waals surface area contributed by atoms with Crippen molar-refractivity contribution in [3.63, 3.8) is 0 Å². The number of methoxy groups -OCH3 is 1. The van der Waals surface area contributed by atoms with E-state index in [2.05, 4.69) is 22.1 Å². The van der Waals surface area contributed by atoms with Crippen molar-refractivity contribution in [2.75, 3.05) is 12.9 Å². The number of carbonyl (C=O) groups is 2. The van der Waals surface area contributed by atoms with E-state index in [1.54, 1.807) is 25.6 Å². The number of nitrogens with zero attached hydrogens (tertiary/aromatic N) is 2. The van der Waals surface area contributed by atoms with E-state index in [-0.39, 0.29) is 11.0 Å². The Balaban J connectivity index is 2.12. The summed E-state index contributed by atoms with van der Waals surface area (Å²) in [4.78, 5) is 27.7. The Morgan fingerprint density at radius 1 is 1.28 bits per heavy atom. The molecular weight excluding hydrogens is 378 g/mol. The molecule has 0 aliphatic carbocycles. The lowest BCUT2D eigenvalue weighted by Crippen LogP contribution is -2.15. The van der Waals surface area contributed by atoms with Crippen LogP contribution in [0.5, 0.6) is 0 Å². The van der Waals surface area contributed by atoms with Crippen LogP contribution in [0.3, 0.4) is 0 Å². The first-order valence-electron chi connectivity index (χ1n) is 7.83. The third-order valence-corrected chi connectivity index (χ3v) is 6.98. The molecule has 6 nitrogen and oxygen atoms in total. The SMILES string of the molecule is CCCSc1nnc(S[C@H](C)C(=O)c2[nH]c(C)c(C(=O)OC)c2C)s1. The van der Waals surface area contributed by atoms with Crippen LogP contribution in [0.2, 0.25) is 0 Å². The van der Waals surface area contributed by atoms with Crippen molar-refractivity contribution in [2.24, 2.45) is 0 Å². The number of hydrogen-bond donors (Lipinski definition) is 1. The monoisotopic (exact) mass is 399 g/mol. The van der Waals surface area contributed by atoms with E-state index in [9.17, 15) is 9.59 Å². The fraction of sp³-hybridized carbons (Fsp3) is 0.500. The van der Waals surface area contributed by atoms with Crippen LogP contribution in [0.4, 0.5) is 0 Å². The highest BCUT2D eigenvalue weighted by Gasteiger charge is 2.26. The highest BCUT2D eigenvalue weighted by Crippen LogP contribution is 2.33. The van der Waals surface area contributed by atoms with Gasteiger partial charge < -0.3 is 9.72 Å². The van der Waals surface area contributed by atoms with Gasteiger partial charge in [0.2, 0.25) is 0 Å². The second-order valence-corrected chi connectivity index (χ2v) is 9.33. The molecule has 2 aromatic rings. The van der Waals surface area contributed by atoms with Gasteiger partial charge in [-0.1, -0.05) is 41.8 Å². The zero-order valence-corrected chi connectivity index (χ0v) is 17.3. The van der Waals surface area contributed by atoms with Crippen LogP contribution in [-0.4, -0.2) is 45.0 Å². The van der Waals surface area contributed by atoms with Crippen LogP contribution in [0.25, 0.3) is 0 Å². The summed E-state index contributed by atoms with van der Waals surface area (Å²) >= 11 is 4.56. The van der Waals surface area contributed by atoms with Gasteiger partial charge in [-0.05, 0) is 32.8 Å². The predicted octanol–water partition coefficient (Wildman–Crippen LogP) is 4.14. The molecule has 0 spiro atoms. The first kappa shape index (κ1) is 20.0. The minimum absolute atomic E-state index is 0.0706. The van der Waals surface area contributed by atoms with Crippen molar-refractivity contribution in [1.29, 1.82) is 0 Å². The molecular formula is C16H21N3O3S3. The van der Waals surface area contributed by atoms with Gasteiger partial charge in [0.05, 0.1) is 23.6 Å². The second kappa shape index (κ2) is 8.86. The van der Waals surface area contributed by atoms with Crippen molar-refractivity contribution in [1.82, 2.24) is 15.2 Å². The van der Waals surface area contributed by atoms with E-state index in [0.717, 1.165) is 20.9 Å². The van der Waals surface area contributed by atoms with E-state index in [1.807, 2.05) is 6.92 Å². The van der Waals surface area contributed by atoms with E-state index < -0.39 is 5.97 Å². The Kier molecular flexibility index (Phi) is 7.09. The maximum Gasteiger partial charge on any atom is 0.339 e. The lowest BCUT2D eigenvalue weighted by molar-refractivity contribution is 0.0599. The molecule has 0 radical (unpaired) electrons. The van der Waals surface area contributed by atoms with Gasteiger partial charge in [0, 0.05) is 11.4 Å². The summed E-state index contributed by atoms with van der Waals surface area (Å²) in [7, 11) is 1.33. The number of esters is 1. The number of aryl methyl sites for hydroxylation is 1. The molecule has 0 aromatic carbocycles. The standard InChI is InChI=1S/C16H21N3O3S3/c1-6-7-23-15-18-19-16(25-15)24-10(4)13(20)12-8(2)11(9(3)17-12)14(21)22-5/h10,17H,6-7H2,1-5H3/t10-/m1/s1. The predicted molar refractivity (Wildman–Crippen MR) is 102 cm³/mol. The Labute approximate surface area is 159 Å². The van der Waals surface area contributed by atoms with Gasteiger partial charge >= 0.3 is 5.97 Å². The third kappa shape index (κ3) is 4.65. The molecule has 1 N–H and O–H groups in total. The van der Waals surface area contributed by atoms with Crippen LogP contribution in [0, 0.1) is 13.8 Å². The summed E-state index contributed by atoms with van der Waals surface area (Å²) in [6, 6.07) is 0. The lowest BCUT2D eigenvalue weighted by atomic mass is 10.1. The minimum atomic E-state index is -0.438. The highest BCUT2D eigenvalue weighted by atomic mass is 32.2. The molecule has 0 aliphatic heterocycles. The van der Waals surface area contributed by atoms with Gasteiger partial charge in [0.1, 0.15) is 0 Å². The number of H-pyrrole nitrogens is 1. The van der Waals surface area contributed by atoms with Crippen LogP contribution in [0.1, 0.15) is 52.4 Å². The molecule has 0 saturated carbocycles. The van der Waals surface area contributed by atoms with Crippen molar-refractivity contribution in [3.05, 3.63) is 22.5 Å². The number of thioether (sulfide) groups is 2. The first-order valence-corrected chi connectivity index (χ1v) is 10.5. The van der Waals surface area contributed by atoms with Crippen LogP contribution in [0.15, 0.2) is 8.68 Å². The number of ether oxygens (including phenoxy) is 1. The normalized spacial score (nSPS) is 12.2. The highest BCUT2D eigenvalue weighted by molar-refractivity contribution is 8.03. The third-order valence-electron chi connectivity index (χ3n) is 3.54. The van der Waals surface area contributed by atoms with Crippen molar-refractivity contribution < 1.29 is 14.3 Å². The smallest absolute Gasteiger partial charge is 0.339 e. The molecule has 2 aromatic heterocycles. The van der Waals surface area contributed by atoms with Gasteiger partial charge in [-0.3, -0.25) is 4.79 Å². The Hall–Kier alpha value is -1.32. The molecule has 1 atom stereocenters. The Bertz CT molecular complexity index is 770. The number of Topliss-reactive ketones (excluding diaryl/α,β-unsaturated/α-hetero) is 1. The minimum Gasteiger partial charge on any atom is -0.465 e. The van der Waals surface area contributed by atoms with Crippen LogP contribution < -0.4 is 0 Å². The fourth-order valence-electron chi connectivity index (χ4n) is 2.31. The molecule has 136 valence electrons. The number of ketones is 1. The average Bonchev–Trinajstić information content (AvgIpc) is 3.15. The van der Waals surface area contributed by atoms with Crippen LogP contribution in [-0.2, 0) is 4.74 Å². The molecule has 0 fully saturated rings. The van der Waals surface area contributed by atoms with Crippen molar-refractivity contribution >= 4 is 46.6 Å². The average molecular weight is 400 g/mol. The summed E-state index contributed by atoms with van der Waals surface area (Å²) in [5.41, 5.74) is 2.14. The van der Waals surface area contributed by atoms with Gasteiger partial charge in [0.15, 0.2) is 14.5 Å². The molecule has 2 heterocycles. The summed E-state index contributed by atoms with van der Waals surface area (Å²) in [6.07, 6.45) is 1.08. The van der Waals surface area contributed by atoms with E-state index >= 15 is 0 Å². The molecule has 0 saturated heterocycles. The molecule has 0 aliphatic rings. The lowest BCUT2D eigenvalue weighted by Gasteiger charge is -2.07. The molecule has 25 heavy (non-hydrogen) atoms. The topological polar surface area (TPSA) is 84.9 Å². The zero-order chi connectivity index (χ0) is 18.6. The molecule has 0 amide bonds. The summed E-state index contributed by atoms with van der Waals surface area (Å²) < 4.78 is 6.48. The molecule has 0 bridgehead atoms. The van der Waals surface area contributed by atoms with E-state index in [1.165, 1.54) is 30.2 Å². The summed E-state index contributed by atoms with van der Waals surface area (Å²) in [5, 5.41) is 7.95. The first-order chi connectivity index (χ1) is 11.9. The second-order valence-electron chi connectivity index (χ2n) is 5.42.